The van der Waals surface area contributed by atoms with Crippen LogP contribution in [0.15, 0.2) is 6.07 Å². The molecule has 3 rings (SSSR count). The maximum atomic E-state index is 12.6. The topological polar surface area (TPSA) is 57.6 Å². The van der Waals surface area contributed by atoms with Gasteiger partial charge < -0.3 is 10.0 Å². The number of carboxylic acids is 1. The van der Waals surface area contributed by atoms with Crippen LogP contribution in [0, 0.1) is 5.92 Å². The van der Waals surface area contributed by atoms with Crippen LogP contribution in [0.4, 0.5) is 0 Å². The molecule has 0 saturated carbocycles. The zero-order chi connectivity index (χ0) is 15.0. The van der Waals surface area contributed by atoms with Gasteiger partial charge in [0.1, 0.15) is 6.04 Å². The summed E-state index contributed by atoms with van der Waals surface area (Å²) in [5.74, 6) is -0.242. The quantitative estimate of drug-likeness (QED) is 0.934. The van der Waals surface area contributed by atoms with E-state index in [1.165, 1.54) is 28.2 Å². The van der Waals surface area contributed by atoms with Crippen molar-refractivity contribution in [3.05, 3.63) is 21.4 Å². The number of likely N-dealkylation sites (tertiary alicyclic amines) is 1. The van der Waals surface area contributed by atoms with Gasteiger partial charge in [-0.3, -0.25) is 4.79 Å². The second kappa shape index (κ2) is 5.79. The molecule has 0 radical (unpaired) electrons. The number of aliphatic carboxylic acids is 1. The number of carbonyl (C=O) groups excluding carboxylic acids is 1. The lowest BCUT2D eigenvalue weighted by Gasteiger charge is -2.20. The van der Waals surface area contributed by atoms with Crippen LogP contribution in [0.3, 0.4) is 0 Å². The number of nitrogens with zero attached hydrogens (tertiary/aromatic N) is 1. The molecule has 0 bridgehead atoms. The summed E-state index contributed by atoms with van der Waals surface area (Å²) < 4.78 is 0. The van der Waals surface area contributed by atoms with Crippen molar-refractivity contribution in [2.45, 2.75) is 51.5 Å². The summed E-state index contributed by atoms with van der Waals surface area (Å²) >= 11 is 1.57. The molecule has 114 valence electrons. The Labute approximate surface area is 128 Å². The van der Waals surface area contributed by atoms with Gasteiger partial charge in [0.2, 0.25) is 0 Å². The standard InChI is InChI=1S/C16H21NO3S/c1-2-10-5-6-13-11(8-10)9-14(21-13)15(18)17-7-3-4-12(17)16(19)20/h9-10,12H,2-8H2,1H3,(H,19,20)/t10?,12-/m0/s1. The monoisotopic (exact) mass is 307 g/mol. The fraction of sp³-hybridized carbons (Fsp3) is 0.625. The molecule has 0 spiro atoms. The highest BCUT2D eigenvalue weighted by Crippen LogP contribution is 2.34. The highest BCUT2D eigenvalue weighted by Gasteiger charge is 2.35. The molecule has 1 aromatic rings. The van der Waals surface area contributed by atoms with Gasteiger partial charge in [-0.05, 0) is 49.7 Å². The molecule has 21 heavy (non-hydrogen) atoms. The average molecular weight is 307 g/mol. The number of rotatable bonds is 3. The minimum atomic E-state index is -0.881. The molecule has 1 aliphatic heterocycles. The molecular formula is C16H21NO3S. The smallest absolute Gasteiger partial charge is 0.326 e. The molecule has 2 aliphatic rings. The van der Waals surface area contributed by atoms with Crippen molar-refractivity contribution < 1.29 is 14.7 Å². The number of amides is 1. The van der Waals surface area contributed by atoms with Crippen LogP contribution in [0.5, 0.6) is 0 Å². The van der Waals surface area contributed by atoms with Crippen LogP contribution in [0.1, 0.15) is 52.7 Å². The fourth-order valence-corrected chi connectivity index (χ4v) is 4.63. The number of thiophene rings is 1. The normalized spacial score (nSPS) is 24.9. The summed E-state index contributed by atoms with van der Waals surface area (Å²) in [7, 11) is 0. The molecule has 1 N–H and O–H groups in total. The van der Waals surface area contributed by atoms with Gasteiger partial charge in [-0.25, -0.2) is 4.79 Å². The maximum absolute atomic E-state index is 12.6. The van der Waals surface area contributed by atoms with Crippen LogP contribution in [-0.2, 0) is 17.6 Å². The molecule has 1 aromatic heterocycles. The Hall–Kier alpha value is -1.36. The molecule has 5 heteroatoms. The SMILES string of the molecule is CCC1CCc2sc(C(=O)N3CCC[C@H]3C(=O)O)cc2C1. The third-order valence-corrected chi connectivity index (χ3v) is 6.00. The van der Waals surface area contributed by atoms with E-state index in [2.05, 4.69) is 6.92 Å². The summed E-state index contributed by atoms with van der Waals surface area (Å²) in [6.07, 6.45) is 5.88. The van der Waals surface area contributed by atoms with E-state index in [1.807, 2.05) is 6.07 Å². The van der Waals surface area contributed by atoms with E-state index in [9.17, 15) is 14.7 Å². The minimum Gasteiger partial charge on any atom is -0.480 e. The van der Waals surface area contributed by atoms with Gasteiger partial charge in [-0.15, -0.1) is 11.3 Å². The summed E-state index contributed by atoms with van der Waals surface area (Å²) in [6, 6.07) is 1.38. The van der Waals surface area contributed by atoms with Gasteiger partial charge in [-0.1, -0.05) is 13.3 Å². The second-order valence-corrected chi connectivity index (χ2v) is 7.21. The Balaban J connectivity index is 1.80. The Bertz CT molecular complexity index is 566. The fourth-order valence-electron chi connectivity index (χ4n) is 3.46. The molecule has 1 unspecified atom stereocenters. The first-order chi connectivity index (χ1) is 10.1. The van der Waals surface area contributed by atoms with Crippen molar-refractivity contribution in [1.29, 1.82) is 0 Å². The first-order valence-electron chi connectivity index (χ1n) is 7.75. The second-order valence-electron chi connectivity index (χ2n) is 6.07. The summed E-state index contributed by atoms with van der Waals surface area (Å²) in [4.78, 5) is 27.4. The van der Waals surface area contributed by atoms with E-state index in [4.69, 9.17) is 0 Å². The van der Waals surface area contributed by atoms with Crippen LogP contribution in [0.2, 0.25) is 0 Å². The Kier molecular flexibility index (Phi) is 4.02. The minimum absolute atomic E-state index is 0.0904. The molecule has 1 saturated heterocycles. The zero-order valence-corrected chi connectivity index (χ0v) is 13.1. The first-order valence-corrected chi connectivity index (χ1v) is 8.57. The lowest BCUT2D eigenvalue weighted by atomic mass is 9.87. The van der Waals surface area contributed by atoms with Crippen LogP contribution < -0.4 is 0 Å². The predicted molar refractivity (Wildman–Crippen MR) is 81.8 cm³/mol. The van der Waals surface area contributed by atoms with E-state index in [-0.39, 0.29) is 5.91 Å². The third kappa shape index (κ3) is 2.71. The summed E-state index contributed by atoms with van der Waals surface area (Å²) in [6.45, 7) is 2.78. The Morgan fingerprint density at radius 3 is 2.95 bits per heavy atom. The molecule has 2 heterocycles. The largest absolute Gasteiger partial charge is 0.480 e. The molecule has 0 aromatic carbocycles. The number of aryl methyl sites for hydroxylation is 1. The number of carboxylic acid groups (broad SMARTS) is 1. The van der Waals surface area contributed by atoms with Crippen molar-refractivity contribution >= 4 is 23.2 Å². The van der Waals surface area contributed by atoms with Gasteiger partial charge in [0.05, 0.1) is 4.88 Å². The average Bonchev–Trinajstić information content (AvgIpc) is 3.12. The van der Waals surface area contributed by atoms with E-state index in [1.54, 1.807) is 11.3 Å². The van der Waals surface area contributed by atoms with E-state index in [0.29, 0.717) is 13.0 Å². The van der Waals surface area contributed by atoms with Gasteiger partial charge in [-0.2, -0.15) is 0 Å². The van der Waals surface area contributed by atoms with Crippen molar-refractivity contribution in [1.82, 2.24) is 4.90 Å². The highest BCUT2D eigenvalue weighted by molar-refractivity contribution is 7.14. The van der Waals surface area contributed by atoms with Crippen LogP contribution in [-0.4, -0.2) is 34.5 Å². The van der Waals surface area contributed by atoms with Gasteiger partial charge >= 0.3 is 5.97 Å². The lowest BCUT2D eigenvalue weighted by molar-refractivity contribution is -0.141. The number of fused-ring (bicyclic) bond motifs is 1. The van der Waals surface area contributed by atoms with Crippen molar-refractivity contribution in [3.63, 3.8) is 0 Å². The van der Waals surface area contributed by atoms with E-state index in [0.717, 1.165) is 30.1 Å². The molecular weight excluding hydrogens is 286 g/mol. The van der Waals surface area contributed by atoms with E-state index >= 15 is 0 Å². The van der Waals surface area contributed by atoms with Crippen molar-refractivity contribution in [2.24, 2.45) is 5.92 Å². The van der Waals surface area contributed by atoms with Crippen LogP contribution >= 0.6 is 11.3 Å². The predicted octanol–water partition coefficient (Wildman–Crippen LogP) is 2.95. The summed E-state index contributed by atoms with van der Waals surface area (Å²) in [5.41, 5.74) is 1.31. The van der Waals surface area contributed by atoms with E-state index < -0.39 is 12.0 Å². The Morgan fingerprint density at radius 1 is 1.43 bits per heavy atom. The van der Waals surface area contributed by atoms with Gasteiger partial charge in [0, 0.05) is 11.4 Å². The van der Waals surface area contributed by atoms with Crippen molar-refractivity contribution in [3.8, 4) is 0 Å². The molecule has 2 atom stereocenters. The lowest BCUT2D eigenvalue weighted by Crippen LogP contribution is -2.40. The Morgan fingerprint density at radius 2 is 2.24 bits per heavy atom. The maximum Gasteiger partial charge on any atom is 0.326 e. The highest BCUT2D eigenvalue weighted by atomic mass is 32.1. The molecule has 1 aliphatic carbocycles. The zero-order valence-electron chi connectivity index (χ0n) is 12.3. The first kappa shape index (κ1) is 14.6. The molecule has 4 nitrogen and oxygen atoms in total. The van der Waals surface area contributed by atoms with Gasteiger partial charge in [0.15, 0.2) is 0 Å². The van der Waals surface area contributed by atoms with Crippen molar-refractivity contribution in [2.75, 3.05) is 6.54 Å². The summed E-state index contributed by atoms with van der Waals surface area (Å²) in [5, 5.41) is 9.22. The number of carbonyl (C=O) groups is 2. The molecule has 1 fully saturated rings. The van der Waals surface area contributed by atoms with Crippen LogP contribution in [0.25, 0.3) is 0 Å². The number of hydrogen-bond acceptors (Lipinski definition) is 3. The number of hydrogen-bond donors (Lipinski definition) is 1. The van der Waals surface area contributed by atoms with Gasteiger partial charge in [0.25, 0.3) is 5.91 Å². The molecule has 1 amide bonds. The third-order valence-electron chi connectivity index (χ3n) is 4.77.